The number of nitrogens with two attached hydrogens (primary N) is 1. The van der Waals surface area contributed by atoms with Gasteiger partial charge in [-0.3, -0.25) is 9.59 Å². The number of benzene rings is 1. The van der Waals surface area contributed by atoms with E-state index in [1.54, 1.807) is 6.07 Å². The summed E-state index contributed by atoms with van der Waals surface area (Å²) >= 11 is 0. The van der Waals surface area contributed by atoms with E-state index in [2.05, 4.69) is 4.98 Å². The van der Waals surface area contributed by atoms with Gasteiger partial charge in [0.05, 0.1) is 0 Å². The lowest BCUT2D eigenvalue weighted by Crippen LogP contribution is -2.16. The van der Waals surface area contributed by atoms with Gasteiger partial charge >= 0.3 is 0 Å². The number of aromatic nitrogens is 1. The summed E-state index contributed by atoms with van der Waals surface area (Å²) in [6.07, 6.45) is 0. The van der Waals surface area contributed by atoms with Crippen molar-refractivity contribution in [3.8, 4) is 11.3 Å². The molecule has 0 saturated heterocycles. The molecule has 0 atom stereocenters. The Morgan fingerprint density at radius 3 is 2.44 bits per heavy atom. The van der Waals surface area contributed by atoms with Crippen LogP contribution in [0.5, 0.6) is 0 Å². The zero-order chi connectivity index (χ0) is 11.5. The number of carbonyl (C=O) groups excluding carboxylic acids is 1. The van der Waals surface area contributed by atoms with E-state index in [0.717, 1.165) is 5.56 Å². The molecule has 0 aliphatic carbocycles. The molecule has 4 nitrogen and oxygen atoms in total. The Morgan fingerprint density at radius 2 is 1.81 bits per heavy atom. The average molecular weight is 214 g/mol. The van der Waals surface area contributed by atoms with Crippen LogP contribution in [0.1, 0.15) is 10.4 Å². The summed E-state index contributed by atoms with van der Waals surface area (Å²) in [7, 11) is 0. The Hall–Kier alpha value is -2.36. The van der Waals surface area contributed by atoms with Gasteiger partial charge in [-0.1, -0.05) is 30.3 Å². The maximum absolute atomic E-state index is 11.3. The standard InChI is InChI=1S/C12H10N2O2/c13-12(16)9-6-10(14-11(15)7-9)8-4-2-1-3-5-8/h1-7H,(H2,13,16)(H,14,15). The molecule has 1 amide bonds. The van der Waals surface area contributed by atoms with E-state index in [1.807, 2.05) is 30.3 Å². The van der Waals surface area contributed by atoms with E-state index in [1.165, 1.54) is 6.07 Å². The van der Waals surface area contributed by atoms with Crippen molar-refractivity contribution in [3.05, 3.63) is 58.4 Å². The van der Waals surface area contributed by atoms with Crippen molar-refractivity contribution < 1.29 is 4.79 Å². The quantitative estimate of drug-likeness (QED) is 0.786. The van der Waals surface area contributed by atoms with Crippen LogP contribution in [0.25, 0.3) is 11.3 Å². The van der Waals surface area contributed by atoms with Gasteiger partial charge in [0, 0.05) is 17.3 Å². The van der Waals surface area contributed by atoms with Gasteiger partial charge < -0.3 is 10.7 Å². The van der Waals surface area contributed by atoms with Crippen molar-refractivity contribution in [3.63, 3.8) is 0 Å². The van der Waals surface area contributed by atoms with E-state index in [-0.39, 0.29) is 11.1 Å². The second-order valence-corrected chi connectivity index (χ2v) is 3.38. The minimum atomic E-state index is -0.608. The Labute approximate surface area is 91.7 Å². The average Bonchev–Trinajstić information content (AvgIpc) is 2.29. The Morgan fingerprint density at radius 1 is 1.12 bits per heavy atom. The van der Waals surface area contributed by atoms with Crippen molar-refractivity contribution in [1.29, 1.82) is 0 Å². The van der Waals surface area contributed by atoms with Crippen LogP contribution in [0.3, 0.4) is 0 Å². The lowest BCUT2D eigenvalue weighted by Gasteiger charge is -2.02. The maximum Gasteiger partial charge on any atom is 0.249 e. The topological polar surface area (TPSA) is 76.0 Å². The molecule has 0 spiro atoms. The number of aromatic amines is 1. The second kappa shape index (κ2) is 4.02. The van der Waals surface area contributed by atoms with E-state index < -0.39 is 5.91 Å². The number of hydrogen-bond acceptors (Lipinski definition) is 2. The summed E-state index contributed by atoms with van der Waals surface area (Å²) in [5.74, 6) is -0.608. The largest absolute Gasteiger partial charge is 0.366 e. The van der Waals surface area contributed by atoms with Crippen molar-refractivity contribution in [2.45, 2.75) is 0 Å². The van der Waals surface area contributed by atoms with Gasteiger partial charge in [0.2, 0.25) is 11.5 Å². The van der Waals surface area contributed by atoms with Gasteiger partial charge in [0.1, 0.15) is 0 Å². The molecule has 80 valence electrons. The summed E-state index contributed by atoms with van der Waals surface area (Å²) in [6, 6.07) is 12.0. The molecule has 1 aromatic heterocycles. The zero-order valence-electron chi connectivity index (χ0n) is 8.44. The molecule has 4 heteroatoms. The maximum atomic E-state index is 11.3. The predicted octanol–water partition coefficient (Wildman–Crippen LogP) is 1.14. The molecule has 2 aromatic rings. The number of H-pyrrole nitrogens is 1. The number of primary amides is 1. The number of amides is 1. The van der Waals surface area contributed by atoms with Gasteiger partial charge in [0.15, 0.2) is 0 Å². The van der Waals surface area contributed by atoms with Crippen LogP contribution in [0.4, 0.5) is 0 Å². The van der Waals surface area contributed by atoms with E-state index in [9.17, 15) is 9.59 Å². The van der Waals surface area contributed by atoms with Crippen LogP contribution in [0.15, 0.2) is 47.3 Å². The Balaban J connectivity index is 2.58. The summed E-state index contributed by atoms with van der Waals surface area (Å²) in [5.41, 5.74) is 6.43. The molecule has 0 unspecified atom stereocenters. The third-order valence-electron chi connectivity index (χ3n) is 2.21. The molecule has 3 N–H and O–H groups in total. The molecule has 0 aliphatic heterocycles. The second-order valence-electron chi connectivity index (χ2n) is 3.38. The minimum absolute atomic E-state index is 0.211. The fourth-order valence-corrected chi connectivity index (χ4v) is 1.46. The number of rotatable bonds is 2. The molecule has 0 saturated carbocycles. The van der Waals surface area contributed by atoms with Gasteiger partial charge in [-0.2, -0.15) is 0 Å². The first kappa shape index (κ1) is 10.2. The third-order valence-corrected chi connectivity index (χ3v) is 2.21. The molecule has 0 radical (unpaired) electrons. The molecular formula is C12H10N2O2. The SMILES string of the molecule is NC(=O)c1cc(-c2ccccc2)[nH]c(=O)c1. The van der Waals surface area contributed by atoms with Crippen molar-refractivity contribution in [2.75, 3.05) is 0 Å². The number of hydrogen-bond donors (Lipinski definition) is 2. The number of pyridine rings is 1. The molecule has 1 aromatic carbocycles. The Kier molecular flexibility index (Phi) is 2.55. The summed E-state index contributed by atoms with van der Waals surface area (Å²) in [5, 5.41) is 0. The van der Waals surface area contributed by atoms with Gasteiger partial charge in [0.25, 0.3) is 0 Å². The normalized spacial score (nSPS) is 10.0. The van der Waals surface area contributed by atoms with E-state index in [4.69, 9.17) is 5.73 Å². The fraction of sp³-hybridized carbons (Fsp3) is 0. The zero-order valence-corrected chi connectivity index (χ0v) is 8.44. The summed E-state index contributed by atoms with van der Waals surface area (Å²) < 4.78 is 0. The number of carbonyl (C=O) groups is 1. The molecular weight excluding hydrogens is 204 g/mol. The van der Waals surface area contributed by atoms with Crippen LogP contribution < -0.4 is 11.3 Å². The van der Waals surface area contributed by atoms with E-state index >= 15 is 0 Å². The van der Waals surface area contributed by atoms with Crippen molar-refractivity contribution in [2.24, 2.45) is 5.73 Å². The first-order valence-electron chi connectivity index (χ1n) is 4.76. The molecule has 2 rings (SSSR count). The summed E-state index contributed by atoms with van der Waals surface area (Å²) in [4.78, 5) is 25.0. The first-order valence-corrected chi connectivity index (χ1v) is 4.76. The summed E-state index contributed by atoms with van der Waals surface area (Å²) in [6.45, 7) is 0. The highest BCUT2D eigenvalue weighted by molar-refractivity contribution is 5.93. The molecule has 0 aliphatic rings. The van der Waals surface area contributed by atoms with Gasteiger partial charge in [-0.05, 0) is 11.6 Å². The molecule has 16 heavy (non-hydrogen) atoms. The molecule has 0 bridgehead atoms. The minimum Gasteiger partial charge on any atom is -0.366 e. The predicted molar refractivity (Wildman–Crippen MR) is 61.0 cm³/mol. The van der Waals surface area contributed by atoms with Gasteiger partial charge in [-0.25, -0.2) is 0 Å². The van der Waals surface area contributed by atoms with Gasteiger partial charge in [-0.15, -0.1) is 0 Å². The van der Waals surface area contributed by atoms with Crippen LogP contribution >= 0.6 is 0 Å². The highest BCUT2D eigenvalue weighted by Crippen LogP contribution is 2.15. The van der Waals surface area contributed by atoms with Crippen molar-refractivity contribution >= 4 is 5.91 Å². The monoisotopic (exact) mass is 214 g/mol. The molecule has 0 fully saturated rings. The highest BCUT2D eigenvalue weighted by Gasteiger charge is 2.05. The lowest BCUT2D eigenvalue weighted by molar-refractivity contribution is 0.1000. The van der Waals surface area contributed by atoms with Crippen LogP contribution in [-0.4, -0.2) is 10.9 Å². The molecule has 1 heterocycles. The lowest BCUT2D eigenvalue weighted by atomic mass is 10.1. The highest BCUT2D eigenvalue weighted by atomic mass is 16.1. The smallest absolute Gasteiger partial charge is 0.249 e. The Bertz CT molecular complexity index is 573. The van der Waals surface area contributed by atoms with Crippen LogP contribution in [0.2, 0.25) is 0 Å². The van der Waals surface area contributed by atoms with Crippen LogP contribution in [0, 0.1) is 0 Å². The van der Waals surface area contributed by atoms with E-state index in [0.29, 0.717) is 5.69 Å². The number of nitrogens with one attached hydrogen (secondary N) is 1. The first-order chi connectivity index (χ1) is 7.66. The third kappa shape index (κ3) is 2.00. The van der Waals surface area contributed by atoms with Crippen molar-refractivity contribution in [1.82, 2.24) is 4.98 Å². The van der Waals surface area contributed by atoms with Crippen LogP contribution in [-0.2, 0) is 0 Å². The fourth-order valence-electron chi connectivity index (χ4n) is 1.46.